The highest BCUT2D eigenvalue weighted by molar-refractivity contribution is 5.56. The van der Waals surface area contributed by atoms with Crippen LogP contribution in [0.15, 0.2) is 58.6 Å². The van der Waals surface area contributed by atoms with Crippen LogP contribution in [0.5, 0.6) is 0 Å². The van der Waals surface area contributed by atoms with E-state index in [2.05, 4.69) is 48.1 Å². The summed E-state index contributed by atoms with van der Waals surface area (Å²) in [6.07, 6.45) is 7.27. The summed E-state index contributed by atoms with van der Waals surface area (Å²) in [4.78, 5) is 0. The molecule has 0 aromatic rings. The van der Waals surface area contributed by atoms with Gasteiger partial charge in [0.05, 0.1) is 5.76 Å². The molecular weight excluding hydrogens is 296 g/mol. The van der Waals surface area contributed by atoms with E-state index in [1.54, 1.807) is 6.92 Å². The van der Waals surface area contributed by atoms with Gasteiger partial charge >= 0.3 is 0 Å². The van der Waals surface area contributed by atoms with Gasteiger partial charge < -0.3 is 10.2 Å². The maximum Gasteiger partial charge on any atom is 0.115 e. The fourth-order valence-electron chi connectivity index (χ4n) is 4.72. The Balaban J connectivity index is 2.80. The summed E-state index contributed by atoms with van der Waals surface area (Å²) in [5.74, 6) is 0.535. The Kier molecular flexibility index (Phi) is 4.41. The minimum absolute atomic E-state index is 0.0520. The van der Waals surface area contributed by atoms with Crippen LogP contribution in [0.4, 0.5) is 0 Å². The number of allylic oxidation sites excluding steroid dienone is 8. The second kappa shape index (κ2) is 5.68. The molecule has 2 rings (SSSR count). The lowest BCUT2D eigenvalue weighted by Crippen LogP contribution is -2.24. The number of rotatable bonds is 3. The number of aliphatic hydroxyl groups excluding tert-OH is 2. The molecule has 2 nitrogen and oxygen atoms in total. The molecule has 0 bridgehead atoms. The summed E-state index contributed by atoms with van der Waals surface area (Å²) in [7, 11) is 0. The van der Waals surface area contributed by atoms with Crippen molar-refractivity contribution in [1.29, 1.82) is 0 Å². The summed E-state index contributed by atoms with van der Waals surface area (Å²) >= 11 is 0. The Morgan fingerprint density at radius 3 is 1.71 bits per heavy atom. The topological polar surface area (TPSA) is 40.5 Å². The standard InChI is InChI=1S/C22H32O2/c1-9-17(24)11-19-16(4)21(7,8)13-22(19)12-20(5,6)15(3)18(22)10-14(2)23/h9-11,23-24H,1,12-13H2,2-8H3/b14-10+,17-11+. The van der Waals surface area contributed by atoms with Crippen molar-refractivity contribution in [2.45, 2.75) is 61.3 Å². The molecule has 0 fully saturated rings. The molecule has 1 atom stereocenters. The minimum Gasteiger partial charge on any atom is -0.513 e. The molecule has 0 heterocycles. The Morgan fingerprint density at radius 1 is 0.917 bits per heavy atom. The zero-order chi connectivity index (χ0) is 18.5. The van der Waals surface area contributed by atoms with Crippen molar-refractivity contribution in [3.05, 3.63) is 58.6 Å². The van der Waals surface area contributed by atoms with Crippen molar-refractivity contribution < 1.29 is 10.2 Å². The van der Waals surface area contributed by atoms with E-state index in [4.69, 9.17) is 0 Å². The van der Waals surface area contributed by atoms with Crippen LogP contribution in [-0.4, -0.2) is 10.2 Å². The largest absolute Gasteiger partial charge is 0.513 e. The quantitative estimate of drug-likeness (QED) is 0.455. The van der Waals surface area contributed by atoms with Gasteiger partial charge in [-0.3, -0.25) is 0 Å². The van der Waals surface area contributed by atoms with Crippen molar-refractivity contribution in [2.75, 3.05) is 0 Å². The van der Waals surface area contributed by atoms with E-state index in [1.807, 2.05) is 12.2 Å². The minimum atomic E-state index is -0.165. The van der Waals surface area contributed by atoms with E-state index < -0.39 is 0 Å². The highest BCUT2D eigenvalue weighted by atomic mass is 16.3. The van der Waals surface area contributed by atoms with Gasteiger partial charge in [0, 0.05) is 5.41 Å². The van der Waals surface area contributed by atoms with Crippen LogP contribution >= 0.6 is 0 Å². The fourth-order valence-corrected chi connectivity index (χ4v) is 4.72. The predicted octanol–water partition coefficient (Wildman–Crippen LogP) is 6.56. The molecule has 0 saturated carbocycles. The molecule has 24 heavy (non-hydrogen) atoms. The number of aliphatic hydroxyl groups is 2. The van der Waals surface area contributed by atoms with Crippen LogP contribution in [0.25, 0.3) is 0 Å². The Labute approximate surface area is 147 Å². The second-order valence-electron chi connectivity index (χ2n) is 8.84. The molecule has 2 heteroatoms. The normalized spacial score (nSPS) is 29.8. The summed E-state index contributed by atoms with van der Waals surface area (Å²) < 4.78 is 0. The zero-order valence-corrected chi connectivity index (χ0v) is 16.2. The second-order valence-corrected chi connectivity index (χ2v) is 8.84. The van der Waals surface area contributed by atoms with Crippen molar-refractivity contribution in [3.8, 4) is 0 Å². The Bertz CT molecular complexity index is 687. The smallest absolute Gasteiger partial charge is 0.115 e. The van der Waals surface area contributed by atoms with Crippen LogP contribution in [-0.2, 0) is 0 Å². The molecule has 2 aliphatic carbocycles. The van der Waals surface area contributed by atoms with Gasteiger partial charge in [-0.15, -0.1) is 0 Å². The molecule has 132 valence electrons. The maximum atomic E-state index is 10.1. The lowest BCUT2D eigenvalue weighted by molar-refractivity contribution is 0.261. The maximum absolute atomic E-state index is 10.1. The third kappa shape index (κ3) is 2.76. The van der Waals surface area contributed by atoms with E-state index in [1.165, 1.54) is 28.4 Å². The predicted molar refractivity (Wildman–Crippen MR) is 102 cm³/mol. The molecule has 0 aromatic heterocycles. The van der Waals surface area contributed by atoms with Gasteiger partial charge in [0.1, 0.15) is 5.76 Å². The first-order valence-electron chi connectivity index (χ1n) is 8.71. The summed E-state index contributed by atoms with van der Waals surface area (Å²) in [6, 6.07) is 0. The van der Waals surface area contributed by atoms with E-state index >= 15 is 0 Å². The molecule has 0 amide bonds. The van der Waals surface area contributed by atoms with Gasteiger partial charge in [-0.25, -0.2) is 0 Å². The zero-order valence-electron chi connectivity index (χ0n) is 16.2. The Hall–Kier alpha value is -1.70. The van der Waals surface area contributed by atoms with Gasteiger partial charge in [-0.05, 0) is 73.8 Å². The van der Waals surface area contributed by atoms with Crippen molar-refractivity contribution >= 4 is 0 Å². The van der Waals surface area contributed by atoms with Crippen LogP contribution in [0.3, 0.4) is 0 Å². The lowest BCUT2D eigenvalue weighted by atomic mass is 9.69. The van der Waals surface area contributed by atoms with Crippen molar-refractivity contribution in [3.63, 3.8) is 0 Å². The first kappa shape index (κ1) is 18.6. The van der Waals surface area contributed by atoms with Crippen molar-refractivity contribution in [1.82, 2.24) is 0 Å². The molecule has 2 aliphatic rings. The molecule has 0 aromatic carbocycles. The first-order valence-corrected chi connectivity index (χ1v) is 8.71. The molecule has 1 unspecified atom stereocenters. The lowest BCUT2D eigenvalue weighted by Gasteiger charge is -2.33. The monoisotopic (exact) mass is 328 g/mol. The van der Waals surface area contributed by atoms with E-state index in [9.17, 15) is 10.2 Å². The fraction of sp³-hybridized carbons (Fsp3) is 0.545. The molecule has 2 N–H and O–H groups in total. The first-order chi connectivity index (χ1) is 10.9. The highest BCUT2D eigenvalue weighted by Gasteiger charge is 2.55. The van der Waals surface area contributed by atoms with Gasteiger partial charge in [0.15, 0.2) is 0 Å². The highest BCUT2D eigenvalue weighted by Crippen LogP contribution is 2.66. The summed E-state index contributed by atoms with van der Waals surface area (Å²) in [5, 5.41) is 20.1. The SMILES string of the molecule is C=C/C(O)=C\C1=C(C)C(C)(C)CC12CC(C)(C)C(C)=C2/C=C(\C)O. The molecule has 0 saturated heterocycles. The van der Waals surface area contributed by atoms with E-state index in [-0.39, 0.29) is 22.0 Å². The number of hydrogen-bond donors (Lipinski definition) is 2. The molecule has 1 spiro atoms. The van der Waals surface area contributed by atoms with Crippen LogP contribution in [0.2, 0.25) is 0 Å². The van der Waals surface area contributed by atoms with Crippen LogP contribution < -0.4 is 0 Å². The van der Waals surface area contributed by atoms with Gasteiger partial charge in [-0.2, -0.15) is 0 Å². The van der Waals surface area contributed by atoms with Crippen LogP contribution in [0.1, 0.15) is 61.3 Å². The summed E-state index contributed by atoms with van der Waals surface area (Å²) in [6.45, 7) is 18.8. The van der Waals surface area contributed by atoms with Crippen molar-refractivity contribution in [2.24, 2.45) is 16.2 Å². The third-order valence-corrected chi connectivity index (χ3v) is 6.21. The molecule has 0 aliphatic heterocycles. The average molecular weight is 328 g/mol. The van der Waals surface area contributed by atoms with Gasteiger partial charge in [0.25, 0.3) is 0 Å². The van der Waals surface area contributed by atoms with E-state index in [0.29, 0.717) is 5.76 Å². The van der Waals surface area contributed by atoms with Gasteiger partial charge in [-0.1, -0.05) is 45.4 Å². The van der Waals surface area contributed by atoms with Gasteiger partial charge in [0.2, 0.25) is 0 Å². The Morgan fingerprint density at radius 2 is 1.33 bits per heavy atom. The van der Waals surface area contributed by atoms with E-state index in [0.717, 1.165) is 12.8 Å². The summed E-state index contributed by atoms with van der Waals surface area (Å²) in [5.41, 5.74) is 4.97. The molecule has 0 radical (unpaired) electrons. The number of hydrogen-bond acceptors (Lipinski definition) is 2. The third-order valence-electron chi connectivity index (χ3n) is 6.21. The molecular formula is C22H32O2. The van der Waals surface area contributed by atoms with Crippen LogP contribution in [0, 0.1) is 16.2 Å². The average Bonchev–Trinajstić information content (AvgIpc) is 2.74.